The fraction of sp³-hybridized carbons (Fsp3) is 0.0476. The minimum absolute atomic E-state index is 0.203. The van der Waals surface area contributed by atoms with E-state index >= 15 is 0 Å². The number of carbonyl (C=O) groups is 1. The number of aromatic nitrogens is 2. The first kappa shape index (κ1) is 16.4. The molecule has 0 N–H and O–H groups in total. The quantitative estimate of drug-likeness (QED) is 0.430. The standard InChI is InChI=1S/C21H12Cl2N2O2/c22-13-5-3-12(4-6-13)11-25-17-10-14(23)7-8-15(17)20(26)18-19(25)16-2-1-9-24(16)21(18)27/h1-10H,11H2. The maximum atomic E-state index is 13.0. The van der Waals surface area contributed by atoms with Gasteiger partial charge in [-0.15, -0.1) is 0 Å². The molecule has 0 amide bonds. The highest BCUT2D eigenvalue weighted by Crippen LogP contribution is 2.34. The molecule has 27 heavy (non-hydrogen) atoms. The van der Waals surface area contributed by atoms with Crippen molar-refractivity contribution in [1.29, 1.82) is 0 Å². The molecule has 6 heteroatoms. The summed E-state index contributed by atoms with van der Waals surface area (Å²) in [6, 6.07) is 16.3. The Balaban J connectivity index is 1.88. The number of halogens is 2. The van der Waals surface area contributed by atoms with Crippen molar-refractivity contribution in [1.82, 2.24) is 9.13 Å². The molecule has 0 fully saturated rings. The molecular weight excluding hydrogens is 383 g/mol. The van der Waals surface area contributed by atoms with Gasteiger partial charge in [-0.05, 0) is 48.0 Å². The molecule has 0 atom stereocenters. The van der Waals surface area contributed by atoms with Crippen molar-refractivity contribution < 1.29 is 4.79 Å². The maximum absolute atomic E-state index is 13.0. The van der Waals surface area contributed by atoms with Crippen molar-refractivity contribution in [3.63, 3.8) is 0 Å². The second-order valence-corrected chi connectivity index (χ2v) is 7.37. The molecule has 0 spiro atoms. The van der Waals surface area contributed by atoms with E-state index < -0.39 is 0 Å². The molecule has 0 saturated carbocycles. The number of benzene rings is 2. The molecule has 1 aliphatic rings. The molecule has 5 rings (SSSR count). The van der Waals surface area contributed by atoms with Crippen molar-refractivity contribution in [3.05, 3.63) is 92.2 Å². The van der Waals surface area contributed by atoms with Crippen LogP contribution in [-0.4, -0.2) is 15.0 Å². The largest absolute Gasteiger partial charge is 0.334 e. The summed E-state index contributed by atoms with van der Waals surface area (Å²) in [6.07, 6.45) is 1.68. The number of hydrogen-bond donors (Lipinski definition) is 0. The summed E-state index contributed by atoms with van der Waals surface area (Å²) in [7, 11) is 0. The van der Waals surface area contributed by atoms with E-state index in [0.29, 0.717) is 38.9 Å². The lowest BCUT2D eigenvalue weighted by Gasteiger charge is -2.16. The summed E-state index contributed by atoms with van der Waals surface area (Å²) in [5, 5.41) is 1.67. The van der Waals surface area contributed by atoms with Gasteiger partial charge in [-0.2, -0.15) is 0 Å². The topological polar surface area (TPSA) is 44.0 Å². The third kappa shape index (κ3) is 2.37. The minimum atomic E-state index is -0.295. The van der Waals surface area contributed by atoms with Crippen molar-refractivity contribution in [3.8, 4) is 11.4 Å². The normalized spacial score (nSPS) is 12.4. The first-order chi connectivity index (χ1) is 13.0. The Kier molecular flexibility index (Phi) is 3.54. The van der Waals surface area contributed by atoms with Gasteiger partial charge >= 0.3 is 0 Å². The molecule has 3 heterocycles. The molecule has 4 nitrogen and oxygen atoms in total. The van der Waals surface area contributed by atoms with Crippen LogP contribution in [0.3, 0.4) is 0 Å². The summed E-state index contributed by atoms with van der Waals surface area (Å²) in [6.45, 7) is 0.481. The van der Waals surface area contributed by atoms with Crippen LogP contribution in [0.5, 0.6) is 0 Å². The number of fused-ring (bicyclic) bond motifs is 4. The molecular formula is C21H12Cl2N2O2. The Morgan fingerprint density at radius 3 is 2.41 bits per heavy atom. The van der Waals surface area contributed by atoms with Gasteiger partial charge in [0.15, 0.2) is 0 Å². The van der Waals surface area contributed by atoms with Crippen LogP contribution in [0.2, 0.25) is 10.0 Å². The lowest BCUT2D eigenvalue weighted by atomic mass is 10.1. The Bertz CT molecular complexity index is 1300. The van der Waals surface area contributed by atoms with Crippen molar-refractivity contribution >= 4 is 40.0 Å². The second kappa shape index (κ2) is 5.84. The van der Waals surface area contributed by atoms with Crippen molar-refractivity contribution in [2.45, 2.75) is 6.54 Å². The van der Waals surface area contributed by atoms with E-state index in [0.717, 1.165) is 5.56 Å². The SMILES string of the molecule is O=C1c2c(n(Cc3ccc(Cl)cc3)c3cc(Cl)ccc3c2=O)-c2cccn21. The Hall–Kier alpha value is -2.82. The predicted molar refractivity (Wildman–Crippen MR) is 107 cm³/mol. The van der Waals surface area contributed by atoms with Gasteiger partial charge in [0, 0.05) is 28.2 Å². The van der Waals surface area contributed by atoms with Gasteiger partial charge in [-0.1, -0.05) is 35.3 Å². The van der Waals surface area contributed by atoms with E-state index in [2.05, 4.69) is 0 Å². The predicted octanol–water partition coefficient (Wildman–Crippen LogP) is 4.83. The smallest absolute Gasteiger partial charge is 0.268 e. The van der Waals surface area contributed by atoms with Gasteiger partial charge in [0.25, 0.3) is 5.91 Å². The maximum Gasteiger partial charge on any atom is 0.268 e. The van der Waals surface area contributed by atoms with Crippen LogP contribution in [-0.2, 0) is 6.54 Å². The van der Waals surface area contributed by atoms with Crippen LogP contribution in [0.4, 0.5) is 0 Å². The second-order valence-electron chi connectivity index (χ2n) is 6.50. The minimum Gasteiger partial charge on any atom is -0.334 e. The van der Waals surface area contributed by atoms with E-state index in [-0.39, 0.29) is 16.9 Å². The first-order valence-electron chi connectivity index (χ1n) is 8.37. The van der Waals surface area contributed by atoms with Crippen LogP contribution in [0.25, 0.3) is 22.3 Å². The van der Waals surface area contributed by atoms with Gasteiger partial charge in [0.05, 0.1) is 16.9 Å². The fourth-order valence-corrected chi connectivity index (χ4v) is 3.98. The summed E-state index contributed by atoms with van der Waals surface area (Å²) >= 11 is 12.2. The van der Waals surface area contributed by atoms with Crippen LogP contribution in [0.15, 0.2) is 65.6 Å². The number of pyridine rings is 1. The average Bonchev–Trinajstić information content (AvgIpc) is 3.23. The Labute approximate surface area is 164 Å². The lowest BCUT2D eigenvalue weighted by Crippen LogP contribution is -2.20. The van der Waals surface area contributed by atoms with E-state index in [1.54, 1.807) is 30.5 Å². The molecule has 0 radical (unpaired) electrons. The van der Waals surface area contributed by atoms with E-state index in [1.807, 2.05) is 34.9 Å². The van der Waals surface area contributed by atoms with Gasteiger partial charge in [0.1, 0.15) is 5.56 Å². The molecule has 4 aromatic rings. The zero-order chi connectivity index (χ0) is 18.7. The van der Waals surface area contributed by atoms with E-state index in [4.69, 9.17) is 23.2 Å². The molecule has 0 saturated heterocycles. The van der Waals surface area contributed by atoms with Gasteiger partial charge in [-0.3, -0.25) is 14.2 Å². The highest BCUT2D eigenvalue weighted by molar-refractivity contribution is 6.31. The summed E-state index contributed by atoms with van der Waals surface area (Å²) in [5.41, 5.74) is 2.97. The highest BCUT2D eigenvalue weighted by atomic mass is 35.5. The highest BCUT2D eigenvalue weighted by Gasteiger charge is 2.32. The Morgan fingerprint density at radius 2 is 1.63 bits per heavy atom. The third-order valence-electron chi connectivity index (χ3n) is 4.91. The fourth-order valence-electron chi connectivity index (χ4n) is 3.69. The Morgan fingerprint density at radius 1 is 0.889 bits per heavy atom. The molecule has 1 aliphatic heterocycles. The number of rotatable bonds is 2. The molecule has 132 valence electrons. The molecule has 2 aromatic heterocycles. The zero-order valence-electron chi connectivity index (χ0n) is 13.9. The summed E-state index contributed by atoms with van der Waals surface area (Å²) in [5.74, 6) is -0.295. The van der Waals surface area contributed by atoms with Crippen LogP contribution in [0.1, 0.15) is 15.9 Å². The zero-order valence-corrected chi connectivity index (χ0v) is 15.5. The number of hydrogen-bond acceptors (Lipinski definition) is 2. The molecule has 2 aromatic carbocycles. The molecule has 0 aliphatic carbocycles. The van der Waals surface area contributed by atoms with Crippen molar-refractivity contribution in [2.24, 2.45) is 0 Å². The third-order valence-corrected chi connectivity index (χ3v) is 5.39. The van der Waals surface area contributed by atoms with Gasteiger partial charge in [0.2, 0.25) is 5.43 Å². The number of carbonyl (C=O) groups excluding carboxylic acids is 1. The van der Waals surface area contributed by atoms with Gasteiger partial charge in [-0.25, -0.2) is 0 Å². The molecule has 0 bridgehead atoms. The first-order valence-corrected chi connectivity index (χ1v) is 9.13. The van der Waals surface area contributed by atoms with Crippen LogP contribution < -0.4 is 5.43 Å². The molecule has 0 unspecified atom stereocenters. The lowest BCUT2D eigenvalue weighted by molar-refractivity contribution is 0.0968. The summed E-state index contributed by atoms with van der Waals surface area (Å²) < 4.78 is 3.50. The number of nitrogens with zero attached hydrogens (tertiary/aromatic N) is 2. The monoisotopic (exact) mass is 394 g/mol. The van der Waals surface area contributed by atoms with Gasteiger partial charge < -0.3 is 4.57 Å². The van der Waals surface area contributed by atoms with Crippen LogP contribution in [0, 0.1) is 0 Å². The summed E-state index contributed by atoms with van der Waals surface area (Å²) in [4.78, 5) is 25.9. The van der Waals surface area contributed by atoms with Crippen LogP contribution >= 0.6 is 23.2 Å². The van der Waals surface area contributed by atoms with E-state index in [9.17, 15) is 9.59 Å². The van der Waals surface area contributed by atoms with E-state index in [1.165, 1.54) is 4.57 Å². The van der Waals surface area contributed by atoms with Crippen molar-refractivity contribution in [2.75, 3.05) is 0 Å². The average molecular weight is 395 g/mol.